The van der Waals surface area contributed by atoms with Crippen molar-refractivity contribution in [3.63, 3.8) is 0 Å². The normalized spacial score (nSPS) is 19.3. The number of nitrogens with zero attached hydrogens (tertiary/aromatic N) is 2. The molecule has 124 valence electrons. The second kappa shape index (κ2) is 6.36. The van der Waals surface area contributed by atoms with Crippen molar-refractivity contribution in [2.75, 3.05) is 17.2 Å². The van der Waals surface area contributed by atoms with E-state index < -0.39 is 0 Å². The number of nitrogens with one attached hydrogen (secondary N) is 1. The van der Waals surface area contributed by atoms with Crippen LogP contribution in [0.3, 0.4) is 0 Å². The third-order valence-electron chi connectivity index (χ3n) is 4.46. The van der Waals surface area contributed by atoms with E-state index in [1.54, 1.807) is 24.1 Å². The third kappa shape index (κ3) is 2.82. The molecular weight excluding hydrogens is 322 g/mol. The summed E-state index contributed by atoms with van der Waals surface area (Å²) in [5.74, 6) is 1.47. The Balaban J connectivity index is 1.54. The minimum Gasteiger partial charge on any atom is -0.467 e. The standard InChI is InChI=1S/C18H19N3O2S/c1-12-10-13-4-2-3-5-15(13)21(12)11-16-14(6-8-23-16)17(22)20-18-19-7-9-24-18/h2-6,8,12H,7,9-11H2,1H3,(H,19,20,22). The van der Waals surface area contributed by atoms with Crippen molar-refractivity contribution in [3.8, 4) is 0 Å². The van der Waals surface area contributed by atoms with Crippen molar-refractivity contribution in [2.45, 2.75) is 25.9 Å². The molecule has 1 aromatic heterocycles. The van der Waals surface area contributed by atoms with Crippen LogP contribution in [-0.4, -0.2) is 29.4 Å². The van der Waals surface area contributed by atoms with Crippen LogP contribution in [0.25, 0.3) is 0 Å². The Kier molecular flexibility index (Phi) is 4.06. The third-order valence-corrected chi connectivity index (χ3v) is 5.35. The van der Waals surface area contributed by atoms with Gasteiger partial charge in [-0.1, -0.05) is 30.0 Å². The molecule has 3 heterocycles. The van der Waals surface area contributed by atoms with E-state index in [0.29, 0.717) is 29.1 Å². The zero-order chi connectivity index (χ0) is 16.5. The molecule has 0 radical (unpaired) electrons. The molecule has 2 aliphatic rings. The van der Waals surface area contributed by atoms with Crippen molar-refractivity contribution in [2.24, 2.45) is 4.99 Å². The molecule has 4 rings (SSSR count). The molecule has 1 N–H and O–H groups in total. The number of fused-ring (bicyclic) bond motifs is 1. The summed E-state index contributed by atoms with van der Waals surface area (Å²) in [6, 6.07) is 10.5. The molecule has 2 aromatic rings. The molecule has 0 saturated heterocycles. The number of amides is 1. The Morgan fingerprint density at radius 1 is 1.42 bits per heavy atom. The predicted molar refractivity (Wildman–Crippen MR) is 96.7 cm³/mol. The van der Waals surface area contributed by atoms with Gasteiger partial charge in [-0.05, 0) is 31.0 Å². The summed E-state index contributed by atoms with van der Waals surface area (Å²) in [6.07, 6.45) is 2.60. The van der Waals surface area contributed by atoms with Gasteiger partial charge in [-0.3, -0.25) is 9.79 Å². The minimum absolute atomic E-state index is 0.146. The number of carbonyl (C=O) groups excluding carboxylic acids is 1. The van der Waals surface area contributed by atoms with Gasteiger partial charge < -0.3 is 14.6 Å². The zero-order valence-electron chi connectivity index (χ0n) is 13.5. The first-order valence-corrected chi connectivity index (χ1v) is 9.10. The molecule has 1 unspecified atom stereocenters. The van der Waals surface area contributed by atoms with E-state index in [-0.39, 0.29) is 5.91 Å². The number of benzene rings is 1. The highest BCUT2D eigenvalue weighted by Gasteiger charge is 2.28. The zero-order valence-corrected chi connectivity index (χ0v) is 14.3. The number of hydrogen-bond donors (Lipinski definition) is 1. The predicted octanol–water partition coefficient (Wildman–Crippen LogP) is 3.06. The Labute approximate surface area is 145 Å². The van der Waals surface area contributed by atoms with Crippen molar-refractivity contribution < 1.29 is 9.21 Å². The summed E-state index contributed by atoms with van der Waals surface area (Å²) >= 11 is 1.57. The number of hydrogen-bond acceptors (Lipinski definition) is 5. The van der Waals surface area contributed by atoms with Crippen LogP contribution in [0.5, 0.6) is 0 Å². The smallest absolute Gasteiger partial charge is 0.260 e. The maximum absolute atomic E-state index is 12.5. The van der Waals surface area contributed by atoms with Crippen LogP contribution in [-0.2, 0) is 13.0 Å². The molecule has 0 saturated carbocycles. The fourth-order valence-corrected chi connectivity index (χ4v) is 3.99. The van der Waals surface area contributed by atoms with Crippen molar-refractivity contribution in [1.82, 2.24) is 5.32 Å². The molecule has 1 aromatic carbocycles. The Morgan fingerprint density at radius 2 is 2.29 bits per heavy atom. The summed E-state index contributed by atoms with van der Waals surface area (Å²) in [5.41, 5.74) is 3.16. The topological polar surface area (TPSA) is 57.8 Å². The van der Waals surface area contributed by atoms with E-state index in [9.17, 15) is 4.79 Å². The molecule has 1 atom stereocenters. The van der Waals surface area contributed by atoms with Gasteiger partial charge in [0.25, 0.3) is 5.91 Å². The molecule has 0 aliphatic carbocycles. The number of amidine groups is 1. The number of furan rings is 1. The molecule has 5 nitrogen and oxygen atoms in total. The molecule has 24 heavy (non-hydrogen) atoms. The molecule has 0 fully saturated rings. The number of aliphatic imine (C=N–C) groups is 1. The van der Waals surface area contributed by atoms with E-state index in [4.69, 9.17) is 4.42 Å². The van der Waals surface area contributed by atoms with Crippen LogP contribution in [0.4, 0.5) is 5.69 Å². The van der Waals surface area contributed by atoms with Gasteiger partial charge in [0, 0.05) is 17.5 Å². The number of thioether (sulfide) groups is 1. The Morgan fingerprint density at radius 3 is 3.12 bits per heavy atom. The first-order chi connectivity index (χ1) is 11.7. The Bertz CT molecular complexity index is 799. The summed E-state index contributed by atoms with van der Waals surface area (Å²) in [5, 5.41) is 3.57. The summed E-state index contributed by atoms with van der Waals surface area (Å²) in [4.78, 5) is 19.1. The largest absolute Gasteiger partial charge is 0.467 e. The lowest BCUT2D eigenvalue weighted by Gasteiger charge is -2.24. The minimum atomic E-state index is -0.146. The number of anilines is 1. The van der Waals surface area contributed by atoms with Gasteiger partial charge in [-0.25, -0.2) is 0 Å². The first-order valence-electron chi connectivity index (χ1n) is 8.12. The van der Waals surface area contributed by atoms with Gasteiger partial charge in [0.05, 0.1) is 24.9 Å². The van der Waals surface area contributed by atoms with Gasteiger partial charge >= 0.3 is 0 Å². The second-order valence-corrected chi connectivity index (χ2v) is 7.14. The van der Waals surface area contributed by atoms with E-state index >= 15 is 0 Å². The van der Waals surface area contributed by atoms with Crippen LogP contribution in [0.15, 0.2) is 46.0 Å². The summed E-state index contributed by atoms with van der Waals surface area (Å²) in [7, 11) is 0. The average molecular weight is 341 g/mol. The lowest BCUT2D eigenvalue weighted by molar-refractivity contribution is 0.0976. The molecule has 2 aliphatic heterocycles. The second-order valence-electron chi connectivity index (χ2n) is 6.06. The lowest BCUT2D eigenvalue weighted by atomic mass is 10.1. The lowest BCUT2D eigenvalue weighted by Crippen LogP contribution is -2.31. The van der Waals surface area contributed by atoms with Gasteiger partial charge in [0.15, 0.2) is 5.17 Å². The van der Waals surface area contributed by atoms with Gasteiger partial charge in [-0.15, -0.1) is 0 Å². The SMILES string of the molecule is CC1Cc2ccccc2N1Cc1occc1C(=O)NC1=NCCS1. The quantitative estimate of drug-likeness (QED) is 0.932. The van der Waals surface area contributed by atoms with Crippen molar-refractivity contribution >= 4 is 28.5 Å². The van der Waals surface area contributed by atoms with E-state index in [1.807, 2.05) is 0 Å². The maximum Gasteiger partial charge on any atom is 0.260 e. The van der Waals surface area contributed by atoms with Crippen LogP contribution in [0, 0.1) is 0 Å². The van der Waals surface area contributed by atoms with Crippen LogP contribution >= 0.6 is 11.8 Å². The molecule has 0 spiro atoms. The fraction of sp³-hybridized carbons (Fsp3) is 0.333. The van der Waals surface area contributed by atoms with E-state index in [1.165, 1.54) is 11.3 Å². The molecule has 0 bridgehead atoms. The fourth-order valence-electron chi connectivity index (χ4n) is 3.27. The van der Waals surface area contributed by atoms with Crippen molar-refractivity contribution in [1.29, 1.82) is 0 Å². The van der Waals surface area contributed by atoms with Crippen LogP contribution in [0.1, 0.15) is 28.6 Å². The number of rotatable bonds is 3. The summed E-state index contributed by atoms with van der Waals surface area (Å²) in [6.45, 7) is 3.56. The Hall–Kier alpha value is -2.21. The number of carbonyl (C=O) groups is 1. The highest BCUT2D eigenvalue weighted by atomic mass is 32.2. The highest BCUT2D eigenvalue weighted by Crippen LogP contribution is 2.33. The maximum atomic E-state index is 12.5. The summed E-state index contributed by atoms with van der Waals surface area (Å²) < 4.78 is 5.63. The van der Waals surface area contributed by atoms with E-state index in [0.717, 1.165) is 18.7 Å². The van der Waals surface area contributed by atoms with Crippen LogP contribution in [0.2, 0.25) is 0 Å². The monoisotopic (exact) mass is 341 g/mol. The molecule has 1 amide bonds. The van der Waals surface area contributed by atoms with Gasteiger partial charge in [0.1, 0.15) is 5.76 Å². The van der Waals surface area contributed by atoms with Crippen LogP contribution < -0.4 is 10.2 Å². The molecule has 6 heteroatoms. The van der Waals surface area contributed by atoms with Gasteiger partial charge in [0.2, 0.25) is 0 Å². The average Bonchev–Trinajstić information content (AvgIpc) is 3.29. The number of para-hydroxylation sites is 1. The van der Waals surface area contributed by atoms with Crippen molar-refractivity contribution in [3.05, 3.63) is 53.5 Å². The van der Waals surface area contributed by atoms with Gasteiger partial charge in [-0.2, -0.15) is 0 Å². The highest BCUT2D eigenvalue weighted by molar-refractivity contribution is 8.14. The van der Waals surface area contributed by atoms with E-state index in [2.05, 4.69) is 46.4 Å². The first kappa shape index (κ1) is 15.3. The molecular formula is C18H19N3O2S.